The summed E-state index contributed by atoms with van der Waals surface area (Å²) in [6, 6.07) is 28.6. The van der Waals surface area contributed by atoms with Gasteiger partial charge < -0.3 is 24.3 Å². The van der Waals surface area contributed by atoms with Gasteiger partial charge in [0.2, 0.25) is 14.8 Å². The van der Waals surface area contributed by atoms with Gasteiger partial charge in [-0.15, -0.1) is 0 Å². The van der Waals surface area contributed by atoms with Crippen molar-refractivity contribution in [2.75, 3.05) is 21.3 Å². The van der Waals surface area contributed by atoms with Gasteiger partial charge in [-0.25, -0.2) is 8.42 Å². The number of aldehydes is 1. The van der Waals surface area contributed by atoms with E-state index in [1.807, 2.05) is 30.3 Å². The summed E-state index contributed by atoms with van der Waals surface area (Å²) in [5, 5.41) is 12.8. The van der Waals surface area contributed by atoms with Crippen LogP contribution >= 0.6 is 0 Å². The van der Waals surface area contributed by atoms with Crippen molar-refractivity contribution in [3.8, 4) is 17.2 Å². The lowest BCUT2D eigenvalue weighted by Crippen LogP contribution is -2.38. The van der Waals surface area contributed by atoms with Crippen LogP contribution in [-0.4, -0.2) is 46.1 Å². The van der Waals surface area contributed by atoms with Gasteiger partial charge in [-0.2, -0.15) is 0 Å². The molecule has 0 saturated heterocycles. The second-order valence-electron chi connectivity index (χ2n) is 8.66. The molecule has 8 nitrogen and oxygen atoms in total. The van der Waals surface area contributed by atoms with Crippen LogP contribution in [0.1, 0.15) is 21.6 Å². The zero-order chi connectivity index (χ0) is 28.8. The molecular weight excluding hydrogens is 530 g/mol. The van der Waals surface area contributed by atoms with E-state index in [1.54, 1.807) is 61.7 Å². The first-order valence-electron chi connectivity index (χ1n) is 12.2. The third kappa shape index (κ3) is 5.29. The second kappa shape index (κ2) is 12.1. The molecule has 0 aliphatic carbocycles. The van der Waals surface area contributed by atoms with Gasteiger partial charge in [0.1, 0.15) is 17.2 Å². The minimum Gasteiger partial charge on any atom is -0.497 e. The quantitative estimate of drug-likeness (QED) is 0.246. The van der Waals surface area contributed by atoms with Crippen molar-refractivity contribution < 1.29 is 32.5 Å². The van der Waals surface area contributed by atoms with E-state index in [1.165, 1.54) is 32.4 Å². The first kappa shape index (κ1) is 28.4. The number of carbonyl (C=O) groups is 1. The fourth-order valence-electron chi connectivity index (χ4n) is 4.30. The van der Waals surface area contributed by atoms with Crippen molar-refractivity contribution in [3.63, 3.8) is 0 Å². The molecule has 1 aromatic heterocycles. The predicted octanol–water partition coefficient (Wildman–Crippen LogP) is 5.36. The van der Waals surface area contributed by atoms with Crippen LogP contribution in [0.25, 0.3) is 10.9 Å². The standard InChI is InChI=1S/C23H21NO5S.C8H8O2/c1-28-17-12-13-21(29-2)19(15-17)23(25,30(26,27)18-9-4-3-5-10-18)22-14-16-8-6-7-11-20(16)24-22;1-10-8-5-3-2-4-7(8)6-9/h3-15,24-25H,1-2H3;2-6H,1H3. The van der Waals surface area contributed by atoms with Crippen LogP contribution in [0.2, 0.25) is 0 Å². The molecule has 1 heterocycles. The van der Waals surface area contributed by atoms with Crippen LogP contribution in [0.4, 0.5) is 0 Å². The molecule has 2 N–H and O–H groups in total. The highest BCUT2D eigenvalue weighted by Gasteiger charge is 2.49. The van der Waals surface area contributed by atoms with E-state index < -0.39 is 14.8 Å². The molecule has 5 aromatic rings. The zero-order valence-corrected chi connectivity index (χ0v) is 23.0. The highest BCUT2D eigenvalue weighted by molar-refractivity contribution is 7.92. The van der Waals surface area contributed by atoms with Crippen molar-refractivity contribution in [1.29, 1.82) is 0 Å². The molecule has 1 atom stereocenters. The Morgan fingerprint density at radius 3 is 2.02 bits per heavy atom. The summed E-state index contributed by atoms with van der Waals surface area (Å²) in [7, 11) is 0.115. The number of carbonyl (C=O) groups excluding carboxylic acids is 1. The van der Waals surface area contributed by atoms with Gasteiger partial charge in [0, 0.05) is 5.52 Å². The third-order valence-electron chi connectivity index (χ3n) is 6.38. The number of hydrogen-bond donors (Lipinski definition) is 2. The molecular formula is C31H29NO7S. The zero-order valence-electron chi connectivity index (χ0n) is 22.2. The van der Waals surface area contributed by atoms with Crippen LogP contribution in [0.5, 0.6) is 17.2 Å². The largest absolute Gasteiger partial charge is 0.497 e. The Kier molecular flexibility index (Phi) is 8.57. The summed E-state index contributed by atoms with van der Waals surface area (Å²) in [6.07, 6.45) is 0.777. The molecule has 0 spiro atoms. The number of sulfone groups is 1. The highest BCUT2D eigenvalue weighted by atomic mass is 32.2. The first-order valence-corrected chi connectivity index (χ1v) is 13.7. The average Bonchev–Trinajstić information content (AvgIpc) is 3.46. The fraction of sp³-hybridized carbons (Fsp3) is 0.129. The number of benzene rings is 4. The predicted molar refractivity (Wildman–Crippen MR) is 153 cm³/mol. The van der Waals surface area contributed by atoms with Gasteiger partial charge in [-0.3, -0.25) is 4.79 Å². The summed E-state index contributed by atoms with van der Waals surface area (Å²) in [5.74, 6) is 1.23. The van der Waals surface area contributed by atoms with Crippen LogP contribution in [-0.2, 0) is 14.8 Å². The topological polar surface area (TPSA) is 115 Å². The number of nitrogens with one attached hydrogen (secondary N) is 1. The monoisotopic (exact) mass is 559 g/mol. The Morgan fingerprint density at radius 2 is 1.40 bits per heavy atom. The van der Waals surface area contributed by atoms with E-state index >= 15 is 0 Å². The smallest absolute Gasteiger partial charge is 0.240 e. The molecule has 0 fully saturated rings. The molecule has 4 aromatic carbocycles. The van der Waals surface area contributed by atoms with Crippen molar-refractivity contribution in [2.24, 2.45) is 0 Å². The Hall–Kier alpha value is -4.60. The van der Waals surface area contributed by atoms with Gasteiger partial charge in [0.25, 0.3) is 0 Å². The van der Waals surface area contributed by atoms with Crippen molar-refractivity contribution in [3.05, 3.63) is 120 Å². The van der Waals surface area contributed by atoms with Crippen LogP contribution < -0.4 is 14.2 Å². The number of hydrogen-bond acceptors (Lipinski definition) is 7. The van der Waals surface area contributed by atoms with Crippen molar-refractivity contribution >= 4 is 27.0 Å². The molecule has 0 saturated carbocycles. The average molecular weight is 560 g/mol. The molecule has 1 unspecified atom stereocenters. The van der Waals surface area contributed by atoms with Gasteiger partial charge in [0.05, 0.1) is 43.0 Å². The Labute approximate surface area is 232 Å². The Balaban J connectivity index is 0.000000312. The molecule has 9 heteroatoms. The highest BCUT2D eigenvalue weighted by Crippen LogP contribution is 2.44. The maximum Gasteiger partial charge on any atom is 0.240 e. The summed E-state index contributed by atoms with van der Waals surface area (Å²) in [5.41, 5.74) is 1.46. The van der Waals surface area contributed by atoms with Crippen LogP contribution in [0.15, 0.2) is 108 Å². The molecule has 40 heavy (non-hydrogen) atoms. The normalized spacial score (nSPS) is 12.5. The summed E-state index contributed by atoms with van der Waals surface area (Å²) in [6.45, 7) is 0. The number of aromatic amines is 1. The van der Waals surface area contributed by atoms with E-state index in [2.05, 4.69) is 4.98 Å². The molecule has 0 bridgehead atoms. The molecule has 0 radical (unpaired) electrons. The maximum absolute atomic E-state index is 13.8. The van der Waals surface area contributed by atoms with E-state index in [0.29, 0.717) is 22.6 Å². The lowest BCUT2D eigenvalue weighted by molar-refractivity contribution is 0.112. The summed E-state index contributed by atoms with van der Waals surface area (Å²) in [4.78, 5) is 10.9. The number of aromatic nitrogens is 1. The van der Waals surface area contributed by atoms with E-state index in [4.69, 9.17) is 14.2 Å². The number of rotatable bonds is 8. The van der Waals surface area contributed by atoms with Crippen LogP contribution in [0.3, 0.4) is 0 Å². The molecule has 0 amide bonds. The number of para-hydroxylation sites is 2. The Morgan fingerprint density at radius 1 is 0.750 bits per heavy atom. The minimum absolute atomic E-state index is 0.0176. The first-order chi connectivity index (χ1) is 19.3. The van der Waals surface area contributed by atoms with Crippen molar-refractivity contribution in [1.82, 2.24) is 4.98 Å². The fourth-order valence-corrected chi connectivity index (χ4v) is 6.01. The number of H-pyrrole nitrogens is 1. The van der Waals surface area contributed by atoms with E-state index in [-0.39, 0.29) is 21.9 Å². The number of fused-ring (bicyclic) bond motifs is 1. The molecule has 0 aliphatic rings. The second-order valence-corrected chi connectivity index (χ2v) is 10.7. The van der Waals surface area contributed by atoms with Crippen LogP contribution in [0, 0.1) is 0 Å². The minimum atomic E-state index is -4.32. The molecule has 0 aliphatic heterocycles. The summed E-state index contributed by atoms with van der Waals surface area (Å²) >= 11 is 0. The Bertz CT molecular complexity index is 1680. The van der Waals surface area contributed by atoms with Gasteiger partial charge in [0.15, 0.2) is 6.29 Å². The third-order valence-corrected chi connectivity index (χ3v) is 8.49. The lowest BCUT2D eigenvalue weighted by Gasteiger charge is -2.29. The molecule has 206 valence electrons. The van der Waals surface area contributed by atoms with Gasteiger partial charge >= 0.3 is 0 Å². The maximum atomic E-state index is 13.8. The number of aliphatic hydroxyl groups is 1. The SMILES string of the molecule is COc1ccc(OC)c(C(O)(c2cc3ccccc3[nH]2)S(=O)(=O)c2ccccc2)c1.COc1ccccc1C=O. The van der Waals surface area contributed by atoms with E-state index in [9.17, 15) is 18.3 Å². The van der Waals surface area contributed by atoms with Gasteiger partial charge in [-0.05, 0) is 60.0 Å². The molecule has 5 rings (SSSR count). The number of ether oxygens (including phenoxy) is 3. The van der Waals surface area contributed by atoms with Gasteiger partial charge in [-0.1, -0.05) is 48.5 Å². The number of methoxy groups -OCH3 is 3. The lowest BCUT2D eigenvalue weighted by atomic mass is 10.0. The van der Waals surface area contributed by atoms with Crippen molar-refractivity contribution in [2.45, 2.75) is 9.83 Å². The van der Waals surface area contributed by atoms with E-state index in [0.717, 1.165) is 11.7 Å². The summed E-state index contributed by atoms with van der Waals surface area (Å²) < 4.78 is 43.3.